The number of fused-ring (bicyclic) bond motifs is 8. The number of allylic oxidation sites excluding steroid dienone is 7. The highest BCUT2D eigenvalue weighted by atomic mass is 14.9. The molecule has 2 unspecified atom stereocenters. The fraction of sp³-hybridized carbons (Fsp3) is 0.125. The molecule has 0 radical (unpaired) electrons. The second kappa shape index (κ2) is 5.99. The Hall–Kier alpha value is -3.53. The van der Waals surface area contributed by atoms with E-state index in [2.05, 4.69) is 77.9 Å². The summed E-state index contributed by atoms with van der Waals surface area (Å²) < 4.78 is 0. The van der Waals surface area contributed by atoms with E-state index < -0.39 is 0 Å². The van der Waals surface area contributed by atoms with Crippen LogP contribution in [0, 0.1) is 5.92 Å². The quantitative estimate of drug-likeness (QED) is 0.690. The number of rotatable bonds is 0. The molecular formula is C24H18N4. The highest BCUT2D eigenvalue weighted by molar-refractivity contribution is 6.20. The molecule has 0 fully saturated rings. The van der Waals surface area contributed by atoms with Gasteiger partial charge in [-0.3, -0.25) is 4.99 Å². The van der Waals surface area contributed by atoms with E-state index in [9.17, 15) is 0 Å². The summed E-state index contributed by atoms with van der Waals surface area (Å²) in [6.07, 6.45) is 24.4. The van der Waals surface area contributed by atoms with Crippen molar-refractivity contribution < 1.29 is 0 Å². The monoisotopic (exact) mass is 362 g/mol. The van der Waals surface area contributed by atoms with Crippen molar-refractivity contribution in [2.24, 2.45) is 20.9 Å². The zero-order chi connectivity index (χ0) is 18.5. The molecule has 1 aromatic heterocycles. The fourth-order valence-electron chi connectivity index (χ4n) is 4.16. The van der Waals surface area contributed by atoms with Crippen LogP contribution in [0.4, 0.5) is 0 Å². The molecule has 5 aliphatic rings. The molecule has 134 valence electrons. The molecule has 0 aromatic carbocycles. The lowest BCUT2D eigenvalue weighted by atomic mass is 9.87. The minimum absolute atomic E-state index is 0.0720. The van der Waals surface area contributed by atoms with Gasteiger partial charge < -0.3 is 4.98 Å². The van der Waals surface area contributed by atoms with Gasteiger partial charge in [-0.1, -0.05) is 18.2 Å². The summed E-state index contributed by atoms with van der Waals surface area (Å²) in [5.74, 6) is 0.284. The fourth-order valence-corrected chi connectivity index (χ4v) is 4.16. The molecular weight excluding hydrogens is 344 g/mol. The van der Waals surface area contributed by atoms with Crippen molar-refractivity contribution in [1.29, 1.82) is 0 Å². The van der Waals surface area contributed by atoms with E-state index >= 15 is 0 Å². The lowest BCUT2D eigenvalue weighted by Gasteiger charge is -2.16. The molecule has 8 bridgehead atoms. The normalized spacial score (nSPS) is 26.4. The van der Waals surface area contributed by atoms with Crippen molar-refractivity contribution in [3.8, 4) is 0 Å². The van der Waals surface area contributed by atoms with Gasteiger partial charge in [0.2, 0.25) is 0 Å². The van der Waals surface area contributed by atoms with E-state index in [0.29, 0.717) is 0 Å². The molecule has 4 nitrogen and oxygen atoms in total. The van der Waals surface area contributed by atoms with Crippen LogP contribution in [-0.4, -0.2) is 28.2 Å². The number of hydrogen-bond acceptors (Lipinski definition) is 3. The van der Waals surface area contributed by atoms with Crippen molar-refractivity contribution >= 4 is 29.3 Å². The molecule has 0 saturated carbocycles. The average Bonchev–Trinajstić information content (AvgIpc) is 3.47. The number of H-pyrrole nitrogens is 1. The summed E-state index contributed by atoms with van der Waals surface area (Å²) in [7, 11) is 0. The number of aliphatic imine (C=N–C) groups is 3. The average molecular weight is 362 g/mol. The Morgan fingerprint density at radius 1 is 0.857 bits per heavy atom. The Labute approximate surface area is 162 Å². The van der Waals surface area contributed by atoms with Crippen molar-refractivity contribution in [2.45, 2.75) is 12.5 Å². The zero-order valence-corrected chi connectivity index (χ0v) is 15.2. The van der Waals surface area contributed by atoms with E-state index in [1.54, 1.807) is 0 Å². The maximum atomic E-state index is 5.02. The van der Waals surface area contributed by atoms with Crippen LogP contribution < -0.4 is 10.7 Å². The molecule has 0 saturated heterocycles. The Morgan fingerprint density at radius 3 is 2.43 bits per heavy atom. The number of nitrogens with one attached hydrogen (secondary N) is 1. The second-order valence-corrected chi connectivity index (χ2v) is 7.41. The van der Waals surface area contributed by atoms with Crippen LogP contribution in [0.5, 0.6) is 0 Å². The second-order valence-electron chi connectivity index (χ2n) is 7.41. The van der Waals surface area contributed by atoms with Crippen LogP contribution in [0.3, 0.4) is 0 Å². The van der Waals surface area contributed by atoms with Gasteiger partial charge in [-0.25, -0.2) is 9.98 Å². The minimum atomic E-state index is 0.0720. The van der Waals surface area contributed by atoms with Gasteiger partial charge in [-0.05, 0) is 72.7 Å². The summed E-state index contributed by atoms with van der Waals surface area (Å²) in [6.45, 7) is 0. The first-order valence-corrected chi connectivity index (χ1v) is 9.61. The van der Waals surface area contributed by atoms with Crippen LogP contribution >= 0.6 is 0 Å². The minimum Gasteiger partial charge on any atom is -0.355 e. The highest BCUT2D eigenvalue weighted by Crippen LogP contribution is 2.34. The number of aromatic amines is 1. The number of aromatic nitrogens is 1. The van der Waals surface area contributed by atoms with Crippen molar-refractivity contribution in [3.05, 3.63) is 94.5 Å². The number of nitrogens with zero attached hydrogens (tertiary/aromatic N) is 3. The van der Waals surface area contributed by atoms with Crippen molar-refractivity contribution in [2.75, 3.05) is 0 Å². The van der Waals surface area contributed by atoms with Crippen LogP contribution in [0.2, 0.25) is 0 Å². The van der Waals surface area contributed by atoms with Crippen LogP contribution in [0.15, 0.2) is 98.8 Å². The van der Waals surface area contributed by atoms with Crippen molar-refractivity contribution in [1.82, 2.24) is 4.98 Å². The van der Waals surface area contributed by atoms with E-state index in [-0.39, 0.29) is 12.0 Å². The first-order chi connectivity index (χ1) is 13.8. The van der Waals surface area contributed by atoms with Crippen molar-refractivity contribution in [3.63, 3.8) is 0 Å². The molecule has 1 aliphatic carbocycles. The van der Waals surface area contributed by atoms with Gasteiger partial charge in [-0.15, -0.1) is 0 Å². The molecule has 2 atom stereocenters. The Kier molecular flexibility index (Phi) is 3.32. The molecule has 0 amide bonds. The molecule has 4 heteroatoms. The molecule has 28 heavy (non-hydrogen) atoms. The van der Waals surface area contributed by atoms with Gasteiger partial charge in [0, 0.05) is 16.6 Å². The third-order valence-electron chi connectivity index (χ3n) is 5.46. The Morgan fingerprint density at radius 2 is 1.61 bits per heavy atom. The smallest absolute Gasteiger partial charge is 0.0814 e. The van der Waals surface area contributed by atoms with E-state index in [1.165, 1.54) is 5.57 Å². The molecule has 0 spiro atoms. The van der Waals surface area contributed by atoms with Crippen LogP contribution in [-0.2, 0) is 0 Å². The lowest BCUT2D eigenvalue weighted by molar-refractivity contribution is 0.699. The third kappa shape index (κ3) is 2.65. The molecule has 5 heterocycles. The predicted molar refractivity (Wildman–Crippen MR) is 115 cm³/mol. The maximum Gasteiger partial charge on any atom is 0.0814 e. The van der Waals surface area contributed by atoms with Crippen LogP contribution in [0.1, 0.15) is 6.42 Å². The largest absolute Gasteiger partial charge is 0.355 e. The van der Waals surface area contributed by atoms with Gasteiger partial charge in [-0.2, -0.15) is 0 Å². The predicted octanol–water partition coefficient (Wildman–Crippen LogP) is 2.70. The van der Waals surface area contributed by atoms with Gasteiger partial charge in [0.15, 0.2) is 0 Å². The van der Waals surface area contributed by atoms with Gasteiger partial charge in [0.25, 0.3) is 0 Å². The zero-order valence-electron chi connectivity index (χ0n) is 15.2. The Bertz CT molecular complexity index is 1280. The van der Waals surface area contributed by atoms with Gasteiger partial charge >= 0.3 is 0 Å². The summed E-state index contributed by atoms with van der Waals surface area (Å²) >= 11 is 0. The van der Waals surface area contributed by atoms with E-state index in [0.717, 1.165) is 45.6 Å². The molecule has 4 aliphatic heterocycles. The SMILES string of the molecule is C1=CC2C(=CC1)C1=NC2C=C2C=CC(=N2)C=c2ccc([nH]2)=CC2=NC(=C1)C=C2. The van der Waals surface area contributed by atoms with Crippen LogP contribution in [0.25, 0.3) is 12.2 Å². The first-order valence-electron chi connectivity index (χ1n) is 9.61. The number of hydrogen-bond donors (Lipinski definition) is 1. The topological polar surface area (TPSA) is 52.9 Å². The summed E-state index contributed by atoms with van der Waals surface area (Å²) in [5.41, 5.74) is 6.14. The third-order valence-corrected chi connectivity index (χ3v) is 5.46. The summed E-state index contributed by atoms with van der Waals surface area (Å²) in [6, 6.07) is 4.20. The first kappa shape index (κ1) is 15.5. The molecule has 1 N–H and O–H groups in total. The summed E-state index contributed by atoms with van der Waals surface area (Å²) in [5, 5.41) is 2.06. The van der Waals surface area contributed by atoms with Gasteiger partial charge in [0.1, 0.15) is 0 Å². The Balaban J connectivity index is 1.55. The maximum absolute atomic E-state index is 5.02. The molecule has 6 rings (SSSR count). The van der Waals surface area contributed by atoms with E-state index in [1.807, 2.05) is 6.08 Å². The summed E-state index contributed by atoms with van der Waals surface area (Å²) in [4.78, 5) is 17.9. The lowest BCUT2D eigenvalue weighted by Crippen LogP contribution is -2.13. The standard InChI is InChI=1S/C24H18N4/c1-2-4-22-21(3-1)23-13-19-9-7-17(26-19)11-15-5-6-16(25-15)12-18-8-10-20(27-18)14-24(22)28-23/h1,3-14,21,23,25H,2H2. The highest BCUT2D eigenvalue weighted by Gasteiger charge is 2.31. The van der Waals surface area contributed by atoms with Gasteiger partial charge in [0.05, 0.1) is 34.6 Å². The molecule has 1 aromatic rings. The van der Waals surface area contributed by atoms with E-state index in [4.69, 9.17) is 15.0 Å².